The molecule has 1 amide bonds. The molecule has 1 heterocycles. The summed E-state index contributed by atoms with van der Waals surface area (Å²) in [5.41, 5.74) is 5.86. The fraction of sp³-hybridized carbons (Fsp3) is 0.318. The molecule has 170 valence electrons. The van der Waals surface area contributed by atoms with E-state index in [9.17, 15) is 9.00 Å². The fourth-order valence-electron chi connectivity index (χ4n) is 3.42. The number of aromatic nitrogens is 2. The molecule has 1 atom stereocenters. The van der Waals surface area contributed by atoms with Crippen molar-refractivity contribution in [2.45, 2.75) is 31.1 Å². The zero-order valence-corrected chi connectivity index (χ0v) is 19.6. The van der Waals surface area contributed by atoms with Crippen LogP contribution in [-0.4, -0.2) is 40.7 Å². The van der Waals surface area contributed by atoms with Crippen LogP contribution in [0.2, 0.25) is 0 Å². The molecule has 32 heavy (non-hydrogen) atoms. The first-order chi connectivity index (χ1) is 15.0. The van der Waals surface area contributed by atoms with Crippen molar-refractivity contribution in [1.82, 2.24) is 9.97 Å². The van der Waals surface area contributed by atoms with Crippen LogP contribution in [0.15, 0.2) is 45.9 Å². The van der Waals surface area contributed by atoms with Gasteiger partial charge in [-0.15, -0.1) is 0 Å². The smallest absolute Gasteiger partial charge is 0.409 e. The van der Waals surface area contributed by atoms with Crippen molar-refractivity contribution in [3.05, 3.63) is 42.2 Å². The van der Waals surface area contributed by atoms with Crippen LogP contribution in [0.5, 0.6) is 17.2 Å². The van der Waals surface area contributed by atoms with Crippen LogP contribution in [0.4, 0.5) is 10.6 Å². The summed E-state index contributed by atoms with van der Waals surface area (Å²) in [6.07, 6.45) is 1.91. The Morgan fingerprint density at radius 3 is 2.31 bits per heavy atom. The van der Waals surface area contributed by atoms with Gasteiger partial charge >= 0.3 is 6.09 Å². The SMILES string of the molecule is COc1cc2ncnc(N=S(C)(=O)c3cccc(OC(N)=O)c3C(C)(C)C)c2cc1OC. The summed E-state index contributed by atoms with van der Waals surface area (Å²) in [5, 5.41) is 0.557. The summed E-state index contributed by atoms with van der Waals surface area (Å²) in [6, 6.07) is 8.36. The minimum absolute atomic E-state index is 0.240. The van der Waals surface area contributed by atoms with E-state index < -0.39 is 21.2 Å². The number of hydrogen-bond acceptors (Lipinski definition) is 8. The lowest BCUT2D eigenvalue weighted by Crippen LogP contribution is -2.22. The highest BCUT2D eigenvalue weighted by Crippen LogP contribution is 2.39. The van der Waals surface area contributed by atoms with Gasteiger partial charge in [0.15, 0.2) is 17.3 Å². The highest BCUT2D eigenvalue weighted by atomic mass is 32.2. The van der Waals surface area contributed by atoms with Crippen molar-refractivity contribution in [1.29, 1.82) is 0 Å². The van der Waals surface area contributed by atoms with Crippen LogP contribution < -0.4 is 19.9 Å². The predicted molar refractivity (Wildman–Crippen MR) is 122 cm³/mol. The molecular formula is C22H26N4O5S. The van der Waals surface area contributed by atoms with E-state index in [1.54, 1.807) is 30.3 Å². The monoisotopic (exact) mass is 458 g/mol. The van der Waals surface area contributed by atoms with Crippen molar-refractivity contribution in [3.63, 3.8) is 0 Å². The third-order valence-electron chi connectivity index (χ3n) is 4.74. The van der Waals surface area contributed by atoms with E-state index in [1.807, 2.05) is 20.8 Å². The minimum atomic E-state index is -3.03. The highest BCUT2D eigenvalue weighted by Gasteiger charge is 2.27. The number of carbonyl (C=O) groups is 1. The summed E-state index contributed by atoms with van der Waals surface area (Å²) in [4.78, 5) is 20.4. The van der Waals surface area contributed by atoms with Crippen molar-refractivity contribution >= 4 is 32.5 Å². The van der Waals surface area contributed by atoms with E-state index in [4.69, 9.17) is 19.9 Å². The van der Waals surface area contributed by atoms with E-state index in [-0.39, 0.29) is 11.6 Å². The quantitative estimate of drug-likeness (QED) is 0.607. The number of carbonyl (C=O) groups excluding carboxylic acids is 1. The summed E-state index contributed by atoms with van der Waals surface area (Å²) >= 11 is 0. The normalized spacial score (nSPS) is 13.3. The fourth-order valence-corrected chi connectivity index (χ4v) is 5.11. The summed E-state index contributed by atoms with van der Waals surface area (Å²) in [5.74, 6) is 1.46. The van der Waals surface area contributed by atoms with Crippen LogP contribution in [-0.2, 0) is 15.1 Å². The van der Waals surface area contributed by atoms with Gasteiger partial charge in [0.25, 0.3) is 0 Å². The Kier molecular flexibility index (Phi) is 6.27. The van der Waals surface area contributed by atoms with Gasteiger partial charge in [-0.25, -0.2) is 19.0 Å². The molecule has 1 unspecified atom stereocenters. The number of methoxy groups -OCH3 is 2. The highest BCUT2D eigenvalue weighted by molar-refractivity contribution is 7.93. The third kappa shape index (κ3) is 4.59. The maximum Gasteiger partial charge on any atom is 0.409 e. The number of hydrogen-bond donors (Lipinski definition) is 1. The van der Waals surface area contributed by atoms with Gasteiger partial charge in [0.2, 0.25) is 0 Å². The third-order valence-corrected chi connectivity index (χ3v) is 6.41. The van der Waals surface area contributed by atoms with Crippen molar-refractivity contribution in [2.24, 2.45) is 10.1 Å². The van der Waals surface area contributed by atoms with Crippen molar-refractivity contribution < 1.29 is 23.2 Å². The number of nitrogens with two attached hydrogens (primary N) is 1. The first-order valence-corrected chi connectivity index (χ1v) is 11.6. The molecule has 0 saturated heterocycles. The average Bonchev–Trinajstić information content (AvgIpc) is 2.71. The summed E-state index contributed by atoms with van der Waals surface area (Å²) in [6.45, 7) is 5.77. The number of fused-ring (bicyclic) bond motifs is 1. The number of amides is 1. The van der Waals surface area contributed by atoms with E-state index in [1.165, 1.54) is 26.8 Å². The first kappa shape index (κ1) is 23.3. The van der Waals surface area contributed by atoms with Gasteiger partial charge in [0.05, 0.1) is 34.4 Å². The molecule has 0 bridgehead atoms. The van der Waals surface area contributed by atoms with Gasteiger partial charge in [-0.2, -0.15) is 4.36 Å². The molecule has 0 aliphatic heterocycles. The van der Waals surface area contributed by atoms with Crippen LogP contribution in [0.3, 0.4) is 0 Å². The second-order valence-electron chi connectivity index (χ2n) is 8.12. The molecule has 1 aromatic heterocycles. The number of rotatable bonds is 5. The van der Waals surface area contributed by atoms with Crippen molar-refractivity contribution in [2.75, 3.05) is 20.5 Å². The van der Waals surface area contributed by atoms with Gasteiger partial charge in [-0.3, -0.25) is 0 Å². The van der Waals surface area contributed by atoms with Gasteiger partial charge in [-0.1, -0.05) is 26.8 Å². The van der Waals surface area contributed by atoms with Gasteiger partial charge in [0.1, 0.15) is 12.1 Å². The zero-order chi connectivity index (χ0) is 23.7. The Morgan fingerprint density at radius 2 is 1.72 bits per heavy atom. The molecule has 0 aliphatic rings. The van der Waals surface area contributed by atoms with Gasteiger partial charge in [0, 0.05) is 23.3 Å². The number of ether oxygens (including phenoxy) is 3. The number of primary amides is 1. The number of nitrogens with zero attached hydrogens (tertiary/aromatic N) is 3. The van der Waals surface area contributed by atoms with Crippen LogP contribution in [0.25, 0.3) is 10.9 Å². The Hall–Kier alpha value is -3.40. The predicted octanol–water partition coefficient (Wildman–Crippen LogP) is 4.19. The topological polar surface area (TPSA) is 126 Å². The maximum absolute atomic E-state index is 13.9. The molecule has 0 aliphatic carbocycles. The Balaban J connectivity index is 2.30. The molecule has 0 spiro atoms. The minimum Gasteiger partial charge on any atom is -0.493 e. The largest absolute Gasteiger partial charge is 0.493 e. The molecule has 2 N–H and O–H groups in total. The first-order valence-electron chi connectivity index (χ1n) is 9.67. The molecule has 3 rings (SSSR count). The lowest BCUT2D eigenvalue weighted by atomic mass is 9.86. The summed E-state index contributed by atoms with van der Waals surface area (Å²) < 4.78 is 34.4. The molecule has 0 saturated carbocycles. The van der Waals surface area contributed by atoms with E-state index >= 15 is 0 Å². The van der Waals surface area contributed by atoms with Gasteiger partial charge in [-0.05, 0) is 23.6 Å². The molecule has 0 fully saturated rings. The second-order valence-corrected chi connectivity index (χ2v) is 10.3. The molecule has 0 radical (unpaired) electrons. The van der Waals surface area contributed by atoms with Crippen molar-refractivity contribution in [3.8, 4) is 17.2 Å². The molecule has 9 nitrogen and oxygen atoms in total. The van der Waals surface area contributed by atoms with Crippen LogP contribution in [0.1, 0.15) is 26.3 Å². The molecular weight excluding hydrogens is 432 g/mol. The summed E-state index contributed by atoms with van der Waals surface area (Å²) in [7, 11) is 0.0213. The molecule has 2 aromatic carbocycles. The lowest BCUT2D eigenvalue weighted by Gasteiger charge is -2.25. The Morgan fingerprint density at radius 1 is 1.06 bits per heavy atom. The van der Waals surface area contributed by atoms with Crippen LogP contribution in [0, 0.1) is 0 Å². The Labute approximate surface area is 187 Å². The van der Waals surface area contributed by atoms with E-state index in [0.29, 0.717) is 32.9 Å². The molecule has 10 heteroatoms. The lowest BCUT2D eigenvalue weighted by molar-refractivity contribution is 0.209. The van der Waals surface area contributed by atoms with E-state index in [0.717, 1.165) is 0 Å². The standard InChI is InChI=1S/C22H26N4O5S/c1-22(2,3)19-15(31-21(23)27)8-7-9-18(19)32(6,28)26-20-13-10-16(29-4)17(30-5)11-14(13)24-12-25-20/h7-12H,1-6H3,(H2,23,27). The molecule has 3 aromatic rings. The number of benzene rings is 2. The van der Waals surface area contributed by atoms with E-state index in [2.05, 4.69) is 14.3 Å². The Bertz CT molecular complexity index is 1310. The maximum atomic E-state index is 13.9. The average molecular weight is 459 g/mol. The second kappa shape index (κ2) is 8.62. The van der Waals surface area contributed by atoms with Crippen LogP contribution >= 0.6 is 0 Å². The zero-order valence-electron chi connectivity index (χ0n) is 18.8. The van der Waals surface area contributed by atoms with Gasteiger partial charge < -0.3 is 19.9 Å².